The summed E-state index contributed by atoms with van der Waals surface area (Å²) in [5, 5.41) is 1.83. The Kier molecular flexibility index (Phi) is 6.54. The number of halogens is 3. The lowest BCUT2D eigenvalue weighted by Gasteiger charge is -2.27. The molecule has 3 aromatic carbocycles. The predicted molar refractivity (Wildman–Crippen MR) is 146 cm³/mol. The molecule has 34 heavy (non-hydrogen) atoms. The summed E-state index contributed by atoms with van der Waals surface area (Å²) in [5.41, 5.74) is 3.00. The Morgan fingerprint density at radius 1 is 0.853 bits per heavy atom. The fourth-order valence-corrected chi connectivity index (χ4v) is 7.81. The highest BCUT2D eigenvalue weighted by Crippen LogP contribution is 2.54. The number of benzene rings is 3. The van der Waals surface area contributed by atoms with Gasteiger partial charge in [0, 0.05) is 16.0 Å². The second-order valence-corrected chi connectivity index (χ2v) is 11.8. The van der Waals surface area contributed by atoms with Crippen LogP contribution in [0.2, 0.25) is 10.0 Å². The molecule has 0 aliphatic heterocycles. The van der Waals surface area contributed by atoms with Gasteiger partial charge in [-0.3, -0.25) is 4.40 Å². The molecule has 8 heteroatoms. The summed E-state index contributed by atoms with van der Waals surface area (Å²) in [6.07, 6.45) is 1.98. The second-order valence-electron chi connectivity index (χ2n) is 7.58. The number of rotatable bonds is 5. The Labute approximate surface area is 216 Å². The summed E-state index contributed by atoms with van der Waals surface area (Å²) in [6, 6.07) is 29.0. The van der Waals surface area contributed by atoms with Crippen LogP contribution in [0.4, 0.5) is 5.69 Å². The standard InChI is InChI=1S/C26H19BrCl2N3OP/c1-18-26(32-17-6-5-12-24(32)30-18)34(21-8-3-2-4-9-21,33-20-15-13-19(27)14-16-20)31-25-22(28)10-7-11-23(25)29/h2-17H,1H3. The molecule has 0 N–H and O–H groups in total. The molecule has 5 rings (SSSR count). The minimum atomic E-state index is -3.01. The van der Waals surface area contributed by atoms with Gasteiger partial charge in [0.25, 0.3) is 0 Å². The number of fused-ring (bicyclic) bond motifs is 1. The van der Waals surface area contributed by atoms with Crippen LogP contribution in [0.25, 0.3) is 5.65 Å². The average Bonchev–Trinajstić information content (AvgIpc) is 3.19. The van der Waals surface area contributed by atoms with Gasteiger partial charge in [-0.1, -0.05) is 69.5 Å². The smallest absolute Gasteiger partial charge is 0.215 e. The van der Waals surface area contributed by atoms with Crippen molar-refractivity contribution in [2.24, 2.45) is 4.74 Å². The van der Waals surface area contributed by atoms with E-state index >= 15 is 0 Å². The lowest BCUT2D eigenvalue weighted by Crippen LogP contribution is -2.25. The van der Waals surface area contributed by atoms with Crippen molar-refractivity contribution in [3.63, 3.8) is 0 Å². The quantitative estimate of drug-likeness (QED) is 0.200. The molecule has 0 aliphatic rings. The molecule has 0 saturated heterocycles. The van der Waals surface area contributed by atoms with E-state index in [9.17, 15) is 0 Å². The molecule has 0 radical (unpaired) electrons. The summed E-state index contributed by atoms with van der Waals surface area (Å²) in [7, 11) is -3.01. The summed E-state index contributed by atoms with van der Waals surface area (Å²) in [5.74, 6) is 0.678. The highest BCUT2D eigenvalue weighted by atomic mass is 79.9. The molecular weight excluding hydrogens is 552 g/mol. The van der Waals surface area contributed by atoms with Gasteiger partial charge in [-0.15, -0.1) is 0 Å². The highest BCUT2D eigenvalue weighted by molar-refractivity contribution is 9.10. The van der Waals surface area contributed by atoms with E-state index in [2.05, 4.69) is 15.9 Å². The molecule has 2 heterocycles. The maximum Gasteiger partial charge on any atom is 0.215 e. The monoisotopic (exact) mass is 569 g/mol. The Balaban J connectivity index is 1.94. The van der Waals surface area contributed by atoms with Crippen LogP contribution in [0.3, 0.4) is 0 Å². The van der Waals surface area contributed by atoms with Crippen molar-refractivity contribution >= 4 is 68.5 Å². The second kappa shape index (κ2) is 9.59. The van der Waals surface area contributed by atoms with E-state index in [0.717, 1.165) is 26.6 Å². The van der Waals surface area contributed by atoms with Crippen LogP contribution in [-0.4, -0.2) is 9.38 Å². The molecule has 0 bridgehead atoms. The Bertz CT molecular complexity index is 1520. The van der Waals surface area contributed by atoms with Crippen molar-refractivity contribution in [2.75, 3.05) is 0 Å². The van der Waals surface area contributed by atoms with Crippen molar-refractivity contribution in [3.8, 4) is 5.75 Å². The van der Waals surface area contributed by atoms with E-state index in [1.807, 2.05) is 90.3 Å². The van der Waals surface area contributed by atoms with Crippen LogP contribution in [0.15, 0.2) is 106 Å². The van der Waals surface area contributed by atoms with Crippen LogP contribution < -0.4 is 15.3 Å². The molecule has 0 amide bonds. The van der Waals surface area contributed by atoms with Crippen molar-refractivity contribution in [1.82, 2.24) is 9.38 Å². The largest absolute Gasteiger partial charge is 0.450 e. The summed E-state index contributed by atoms with van der Waals surface area (Å²) < 4.78 is 15.2. The van der Waals surface area contributed by atoms with E-state index in [1.165, 1.54) is 0 Å². The van der Waals surface area contributed by atoms with Crippen LogP contribution in [0.5, 0.6) is 5.75 Å². The van der Waals surface area contributed by atoms with Crippen LogP contribution in [0.1, 0.15) is 5.69 Å². The zero-order valence-corrected chi connectivity index (χ0v) is 22.1. The number of imidazole rings is 1. The molecule has 1 unspecified atom stereocenters. The fraction of sp³-hybridized carbons (Fsp3) is 0.0385. The van der Waals surface area contributed by atoms with Crippen molar-refractivity contribution in [3.05, 3.63) is 117 Å². The Hall–Kier alpha value is -2.56. The first-order valence-electron chi connectivity index (χ1n) is 10.5. The number of aryl methyl sites for hydroxylation is 1. The molecule has 5 aromatic rings. The lowest BCUT2D eigenvalue weighted by atomic mass is 10.3. The molecule has 0 aliphatic carbocycles. The third kappa shape index (κ3) is 4.30. The zero-order chi connectivity index (χ0) is 23.7. The zero-order valence-electron chi connectivity index (χ0n) is 18.1. The SMILES string of the molecule is Cc1nc2ccccn2c1P(=Nc1c(Cl)cccc1Cl)(Oc1ccc(Br)cc1)c1ccccc1. The molecular formula is C26H19BrCl2N3OP. The van der Waals surface area contributed by atoms with Crippen molar-refractivity contribution in [2.45, 2.75) is 6.92 Å². The van der Waals surface area contributed by atoms with E-state index in [4.69, 9.17) is 37.5 Å². The third-order valence-corrected chi connectivity index (χ3v) is 9.50. The van der Waals surface area contributed by atoms with Gasteiger partial charge >= 0.3 is 0 Å². The lowest BCUT2D eigenvalue weighted by molar-refractivity contribution is 0.619. The number of pyridine rings is 1. The van der Waals surface area contributed by atoms with Gasteiger partial charge in [-0.25, -0.2) is 9.73 Å². The molecule has 4 nitrogen and oxygen atoms in total. The maximum absolute atomic E-state index is 6.94. The van der Waals surface area contributed by atoms with E-state index in [0.29, 0.717) is 21.5 Å². The van der Waals surface area contributed by atoms with Crippen LogP contribution in [0, 0.1) is 6.92 Å². The molecule has 1 atom stereocenters. The molecule has 170 valence electrons. The number of aromatic nitrogens is 2. The predicted octanol–water partition coefficient (Wildman–Crippen LogP) is 8.19. The van der Waals surface area contributed by atoms with Gasteiger partial charge in [0.15, 0.2) is 0 Å². The minimum Gasteiger partial charge on any atom is -0.450 e. The number of hydrogen-bond donors (Lipinski definition) is 0. The van der Waals surface area contributed by atoms with Gasteiger partial charge < -0.3 is 4.52 Å². The topological polar surface area (TPSA) is 38.9 Å². The summed E-state index contributed by atoms with van der Waals surface area (Å²) in [4.78, 5) is 4.82. The van der Waals surface area contributed by atoms with Gasteiger partial charge in [0.1, 0.15) is 22.5 Å². The van der Waals surface area contributed by atoms with Crippen molar-refractivity contribution < 1.29 is 4.52 Å². The molecule has 0 spiro atoms. The van der Waals surface area contributed by atoms with E-state index < -0.39 is 7.28 Å². The minimum absolute atomic E-state index is 0.457. The van der Waals surface area contributed by atoms with Crippen LogP contribution in [-0.2, 0) is 0 Å². The number of nitrogens with zero attached hydrogens (tertiary/aromatic N) is 3. The Morgan fingerprint density at radius 2 is 1.53 bits per heavy atom. The molecule has 2 aromatic heterocycles. The third-order valence-electron chi connectivity index (χ3n) is 5.30. The highest BCUT2D eigenvalue weighted by Gasteiger charge is 2.34. The average molecular weight is 571 g/mol. The number of hydrogen-bond acceptors (Lipinski definition) is 3. The summed E-state index contributed by atoms with van der Waals surface area (Å²) >= 11 is 16.8. The fourth-order valence-electron chi connectivity index (χ4n) is 3.81. The van der Waals surface area contributed by atoms with Crippen molar-refractivity contribution in [1.29, 1.82) is 0 Å². The van der Waals surface area contributed by atoms with Gasteiger partial charge in [0.05, 0.1) is 15.7 Å². The first-order valence-corrected chi connectivity index (χ1v) is 13.7. The Morgan fingerprint density at radius 3 is 2.24 bits per heavy atom. The van der Waals surface area contributed by atoms with E-state index in [1.54, 1.807) is 18.2 Å². The van der Waals surface area contributed by atoms with E-state index in [-0.39, 0.29) is 0 Å². The molecule has 0 saturated carbocycles. The first kappa shape index (κ1) is 23.2. The van der Waals surface area contributed by atoms with Gasteiger partial charge in [-0.05, 0) is 67.6 Å². The summed E-state index contributed by atoms with van der Waals surface area (Å²) in [6.45, 7) is 1.98. The maximum atomic E-state index is 6.94. The van der Waals surface area contributed by atoms with Gasteiger partial charge in [0.2, 0.25) is 7.28 Å². The molecule has 0 fully saturated rings. The first-order chi connectivity index (χ1) is 16.5. The van der Waals surface area contributed by atoms with Gasteiger partial charge in [-0.2, -0.15) is 0 Å². The normalized spacial score (nSPS) is 12.9. The van der Waals surface area contributed by atoms with Crippen LogP contribution >= 0.6 is 46.4 Å².